The molecule has 3 aromatic rings. The highest BCUT2D eigenvalue weighted by atomic mass is 32.1. The first-order valence-electron chi connectivity index (χ1n) is 7.97. The monoisotopic (exact) mass is 351 g/mol. The lowest BCUT2D eigenvalue weighted by molar-refractivity contribution is -0.118. The van der Waals surface area contributed by atoms with Crippen molar-refractivity contribution in [3.63, 3.8) is 0 Å². The van der Waals surface area contributed by atoms with Crippen LogP contribution in [-0.4, -0.2) is 20.7 Å². The van der Waals surface area contributed by atoms with E-state index in [2.05, 4.69) is 20.7 Å². The van der Waals surface area contributed by atoms with E-state index >= 15 is 0 Å². The van der Waals surface area contributed by atoms with Crippen LogP contribution in [0.15, 0.2) is 65.4 Å². The highest BCUT2D eigenvalue weighted by Crippen LogP contribution is 2.36. The van der Waals surface area contributed by atoms with Gasteiger partial charge in [0.15, 0.2) is 0 Å². The lowest BCUT2D eigenvalue weighted by Gasteiger charge is -2.27. The van der Waals surface area contributed by atoms with Crippen molar-refractivity contribution >= 4 is 23.2 Å². The number of anilines is 1. The summed E-state index contributed by atoms with van der Waals surface area (Å²) in [5.41, 5.74) is 2.52. The number of nitrogens with zero attached hydrogens (tertiary/aromatic N) is 3. The third-order valence-electron chi connectivity index (χ3n) is 4.15. The Labute approximate surface area is 149 Å². The fraction of sp³-hybridized carbons (Fsp3) is 0.167. The van der Waals surface area contributed by atoms with Gasteiger partial charge in [-0.15, -0.1) is 11.3 Å². The Bertz CT molecular complexity index is 914. The van der Waals surface area contributed by atoms with Gasteiger partial charge in [0.05, 0.1) is 5.57 Å². The molecule has 3 heterocycles. The quantitative estimate of drug-likeness (QED) is 0.758. The van der Waals surface area contributed by atoms with Gasteiger partial charge in [-0.25, -0.2) is 4.68 Å². The van der Waals surface area contributed by atoms with Gasteiger partial charge in [-0.1, -0.05) is 36.4 Å². The van der Waals surface area contributed by atoms with Crippen molar-refractivity contribution < 1.29 is 4.79 Å². The molecule has 0 saturated heterocycles. The fourth-order valence-corrected chi connectivity index (χ4v) is 3.79. The molecule has 2 aromatic heterocycles. The van der Waals surface area contributed by atoms with E-state index in [1.807, 2.05) is 54.8 Å². The minimum atomic E-state index is -0.269. The maximum atomic E-state index is 13.0. The van der Waals surface area contributed by atoms with Crippen molar-refractivity contribution in [2.45, 2.75) is 19.5 Å². The lowest BCUT2D eigenvalue weighted by Crippen LogP contribution is -2.34. The summed E-state index contributed by atoms with van der Waals surface area (Å²) in [5, 5.41) is 12.5. The molecule has 1 amide bonds. The largest absolute Gasteiger partial charge is 0.348 e. The van der Waals surface area contributed by atoms with Gasteiger partial charge in [0, 0.05) is 17.1 Å². The number of benzene rings is 1. The molecule has 2 N–H and O–H groups in total. The second-order valence-corrected chi connectivity index (χ2v) is 6.76. The van der Waals surface area contributed by atoms with Crippen molar-refractivity contribution in [3.8, 4) is 0 Å². The third-order valence-corrected chi connectivity index (χ3v) is 5.07. The third kappa shape index (κ3) is 2.94. The van der Waals surface area contributed by atoms with Crippen molar-refractivity contribution in [1.82, 2.24) is 20.1 Å². The van der Waals surface area contributed by atoms with E-state index in [4.69, 9.17) is 0 Å². The van der Waals surface area contributed by atoms with E-state index in [9.17, 15) is 4.79 Å². The minimum absolute atomic E-state index is 0.103. The Balaban J connectivity index is 1.65. The van der Waals surface area contributed by atoms with Crippen LogP contribution >= 0.6 is 11.3 Å². The highest BCUT2D eigenvalue weighted by molar-refractivity contribution is 7.10. The molecular weight excluding hydrogens is 334 g/mol. The van der Waals surface area contributed by atoms with E-state index in [0.29, 0.717) is 18.1 Å². The normalized spacial score (nSPS) is 16.3. The van der Waals surface area contributed by atoms with Gasteiger partial charge in [-0.2, -0.15) is 10.1 Å². The molecule has 0 saturated carbocycles. The Hall–Kier alpha value is -2.93. The summed E-state index contributed by atoms with van der Waals surface area (Å²) in [4.78, 5) is 18.2. The second kappa shape index (κ2) is 6.52. The van der Waals surface area contributed by atoms with Gasteiger partial charge < -0.3 is 10.6 Å². The van der Waals surface area contributed by atoms with Crippen LogP contribution in [0.2, 0.25) is 0 Å². The molecule has 1 aliphatic heterocycles. The maximum absolute atomic E-state index is 13.0. The molecule has 0 aliphatic carbocycles. The molecule has 4 rings (SSSR count). The summed E-state index contributed by atoms with van der Waals surface area (Å²) in [6.07, 6.45) is 1.50. The number of allylic oxidation sites excluding steroid dienone is 1. The Morgan fingerprint density at radius 1 is 1.28 bits per heavy atom. The molecule has 0 spiro atoms. The van der Waals surface area contributed by atoms with Crippen molar-refractivity contribution in [2.24, 2.45) is 0 Å². The van der Waals surface area contributed by atoms with E-state index in [0.717, 1.165) is 16.1 Å². The summed E-state index contributed by atoms with van der Waals surface area (Å²) >= 11 is 1.60. The maximum Gasteiger partial charge on any atom is 0.251 e. The SMILES string of the molecule is CC1=C(C(=O)NCc2ccccc2)[C@@H](c2cccs2)n2ncnc2N1. The van der Waals surface area contributed by atoms with Crippen molar-refractivity contribution in [3.05, 3.63) is 75.9 Å². The number of fused-ring (bicyclic) bond motifs is 1. The van der Waals surface area contributed by atoms with E-state index in [1.165, 1.54) is 6.33 Å². The fourth-order valence-electron chi connectivity index (χ4n) is 2.97. The number of hydrogen-bond donors (Lipinski definition) is 2. The molecule has 0 radical (unpaired) electrons. The van der Waals surface area contributed by atoms with Crippen LogP contribution < -0.4 is 10.6 Å². The first-order chi connectivity index (χ1) is 12.2. The molecule has 126 valence electrons. The number of thiophene rings is 1. The topological polar surface area (TPSA) is 71.8 Å². The van der Waals surface area contributed by atoms with Crippen LogP contribution in [0.5, 0.6) is 0 Å². The predicted octanol–water partition coefficient (Wildman–Crippen LogP) is 2.94. The summed E-state index contributed by atoms with van der Waals surface area (Å²) in [5.74, 6) is 0.545. The highest BCUT2D eigenvalue weighted by Gasteiger charge is 2.33. The van der Waals surface area contributed by atoms with Crippen LogP contribution in [0.3, 0.4) is 0 Å². The van der Waals surface area contributed by atoms with Crippen molar-refractivity contribution in [1.29, 1.82) is 0 Å². The van der Waals surface area contributed by atoms with Gasteiger partial charge in [0.25, 0.3) is 5.91 Å². The Kier molecular flexibility index (Phi) is 4.07. The second-order valence-electron chi connectivity index (χ2n) is 5.78. The molecule has 0 unspecified atom stereocenters. The van der Waals surface area contributed by atoms with Gasteiger partial charge in [-0.3, -0.25) is 4.79 Å². The number of carbonyl (C=O) groups excluding carboxylic acids is 1. The van der Waals surface area contributed by atoms with E-state index in [1.54, 1.807) is 16.0 Å². The molecular formula is C18H17N5OS. The molecule has 7 heteroatoms. The summed E-state index contributed by atoms with van der Waals surface area (Å²) < 4.78 is 1.76. The first-order valence-corrected chi connectivity index (χ1v) is 8.85. The van der Waals surface area contributed by atoms with Gasteiger partial charge >= 0.3 is 0 Å². The zero-order chi connectivity index (χ0) is 17.2. The molecule has 1 aromatic carbocycles. The molecule has 6 nitrogen and oxygen atoms in total. The number of amides is 1. The minimum Gasteiger partial charge on any atom is -0.348 e. The van der Waals surface area contributed by atoms with Gasteiger partial charge in [0.2, 0.25) is 5.95 Å². The van der Waals surface area contributed by atoms with Crippen LogP contribution in [0.4, 0.5) is 5.95 Å². The molecule has 0 bridgehead atoms. The van der Waals surface area contributed by atoms with Crippen molar-refractivity contribution in [2.75, 3.05) is 5.32 Å². The van der Waals surface area contributed by atoms with Gasteiger partial charge in [-0.05, 0) is 23.9 Å². The number of nitrogens with one attached hydrogen (secondary N) is 2. The zero-order valence-corrected chi connectivity index (χ0v) is 14.5. The smallest absolute Gasteiger partial charge is 0.251 e. The zero-order valence-electron chi connectivity index (χ0n) is 13.6. The van der Waals surface area contributed by atoms with E-state index in [-0.39, 0.29) is 11.9 Å². The average Bonchev–Trinajstić information content (AvgIpc) is 3.31. The van der Waals surface area contributed by atoms with Crippen LogP contribution in [0.25, 0.3) is 0 Å². The molecule has 1 aliphatic rings. The number of hydrogen-bond acceptors (Lipinski definition) is 5. The molecule has 25 heavy (non-hydrogen) atoms. The average molecular weight is 351 g/mol. The number of aromatic nitrogens is 3. The standard InChI is InChI=1S/C18H17N5OS/c1-12-15(17(24)19-10-13-6-3-2-4-7-13)16(14-8-5-9-25-14)23-18(22-12)20-11-21-23/h2-9,11,16H,10H2,1H3,(H,19,24)(H,20,21,22)/t16-/m1/s1. The molecule has 0 fully saturated rings. The summed E-state index contributed by atoms with van der Waals surface area (Å²) in [6, 6.07) is 13.6. The Morgan fingerprint density at radius 2 is 2.12 bits per heavy atom. The molecule has 1 atom stereocenters. The number of carbonyl (C=O) groups is 1. The summed E-state index contributed by atoms with van der Waals surface area (Å²) in [7, 11) is 0. The summed E-state index contributed by atoms with van der Waals surface area (Å²) in [6.45, 7) is 2.38. The van der Waals surface area contributed by atoms with Crippen LogP contribution in [-0.2, 0) is 11.3 Å². The first kappa shape index (κ1) is 15.6. The van der Waals surface area contributed by atoms with Crippen LogP contribution in [0.1, 0.15) is 23.4 Å². The van der Waals surface area contributed by atoms with Crippen LogP contribution in [0, 0.1) is 0 Å². The predicted molar refractivity (Wildman–Crippen MR) is 97.1 cm³/mol. The number of rotatable bonds is 4. The van der Waals surface area contributed by atoms with Gasteiger partial charge in [0.1, 0.15) is 12.4 Å². The van der Waals surface area contributed by atoms with E-state index < -0.39 is 0 Å². The Morgan fingerprint density at radius 3 is 2.88 bits per heavy atom. The lowest BCUT2D eigenvalue weighted by atomic mass is 10.0.